The zero-order valence-electron chi connectivity index (χ0n) is 28.6. The number of aliphatic hydroxyl groups excluding tert-OH is 1. The minimum atomic E-state index is -5.01. The third-order valence-electron chi connectivity index (χ3n) is 9.22. The van der Waals surface area contributed by atoms with Crippen molar-refractivity contribution >= 4 is 27.6 Å². The molecule has 0 bridgehead atoms. The second kappa shape index (κ2) is 13.1. The van der Waals surface area contributed by atoms with Crippen molar-refractivity contribution in [2.24, 2.45) is 0 Å². The summed E-state index contributed by atoms with van der Waals surface area (Å²) in [4.78, 5) is 24.2. The second-order valence-electron chi connectivity index (χ2n) is 12.7. The lowest BCUT2D eigenvalue weighted by Gasteiger charge is -2.24. The Morgan fingerprint density at radius 1 is 0.764 bits per heavy atom. The molecule has 4 heterocycles. The first-order chi connectivity index (χ1) is 26.2. The largest absolute Gasteiger partial charge is 0.467 e. The van der Waals surface area contributed by atoms with Gasteiger partial charge >= 0.3 is 18.4 Å². The average Bonchev–Trinajstić information content (AvgIpc) is 3.79. The van der Waals surface area contributed by atoms with Crippen LogP contribution in [0, 0.1) is 5.82 Å². The van der Waals surface area contributed by atoms with Crippen LogP contribution in [0.2, 0.25) is 0 Å². The van der Waals surface area contributed by atoms with Gasteiger partial charge in [0.05, 0.1) is 45.9 Å². The maximum Gasteiger partial charge on any atom is 0.417 e. The molecular formula is C39H26F7N7O2. The van der Waals surface area contributed by atoms with Crippen LogP contribution in [-0.4, -0.2) is 60.3 Å². The van der Waals surface area contributed by atoms with Crippen LogP contribution in [0.5, 0.6) is 6.01 Å². The summed E-state index contributed by atoms with van der Waals surface area (Å²) < 4.78 is 108. The predicted molar refractivity (Wildman–Crippen MR) is 190 cm³/mol. The van der Waals surface area contributed by atoms with Crippen molar-refractivity contribution in [1.29, 1.82) is 0 Å². The van der Waals surface area contributed by atoms with Crippen LogP contribution in [0.25, 0.3) is 72.7 Å². The van der Waals surface area contributed by atoms with Crippen molar-refractivity contribution in [2.45, 2.75) is 18.6 Å². The number of alkyl halides is 6. The van der Waals surface area contributed by atoms with E-state index in [4.69, 9.17) is 4.74 Å². The van der Waals surface area contributed by atoms with Gasteiger partial charge in [0.1, 0.15) is 23.7 Å². The Labute approximate surface area is 306 Å². The fourth-order valence-electron chi connectivity index (χ4n) is 6.44. The number of allylic oxidation sites excluding steroid dienone is 2. The number of nitrogens with zero attached hydrogens (tertiary/aromatic N) is 5. The minimum Gasteiger partial charge on any atom is -0.467 e. The summed E-state index contributed by atoms with van der Waals surface area (Å²) in [5.41, 5.74) is -1.47. The number of hydrogen-bond donors (Lipinski definition) is 3. The molecule has 0 amide bonds. The SMILES string of the molecule is COc1ncc(-c2ccc(-c3nc4c(-c5cc(C(F)(F)F)cc6nc(-c7ccc(C8=CN(C)C(O)C=C8)cc7F)[nH]c56)c(C(F)(F)F)ccc4[nH]3)cc2)cn1. The molecule has 0 radical (unpaired) electrons. The van der Waals surface area contributed by atoms with Gasteiger partial charge in [-0.25, -0.2) is 24.3 Å². The third kappa shape index (κ3) is 6.54. The molecule has 16 heteroatoms. The Balaban J connectivity index is 1.27. The molecule has 1 atom stereocenters. The van der Waals surface area contributed by atoms with Gasteiger partial charge in [0.2, 0.25) is 0 Å². The number of aromatic amines is 2. The van der Waals surface area contributed by atoms with Crippen molar-refractivity contribution in [3.8, 4) is 51.0 Å². The van der Waals surface area contributed by atoms with Crippen molar-refractivity contribution in [2.75, 3.05) is 14.2 Å². The smallest absolute Gasteiger partial charge is 0.417 e. The van der Waals surface area contributed by atoms with Crippen LogP contribution in [0.3, 0.4) is 0 Å². The standard InChI is InChI=1S/C39H26F7N7O2/c1-53-18-22(8-12-31(53)54)21-7-9-25(28(40)13-21)36-50-30-15-24(38(41,42)43)14-26(33(30)51-36)32-27(39(44,45)46)10-11-29-34(32)52-35(49-29)20-5-3-19(4-6-20)23-16-47-37(55-2)48-17-23/h3-18,31,54H,1-2H3,(H,49,52)(H,50,51). The van der Waals surface area contributed by atoms with Crippen molar-refractivity contribution in [3.05, 3.63) is 120 Å². The fraction of sp³-hybridized carbons (Fsp3) is 0.128. The molecule has 0 fully saturated rings. The van der Waals surface area contributed by atoms with E-state index in [-0.39, 0.29) is 45.3 Å². The van der Waals surface area contributed by atoms with Crippen LogP contribution in [0.4, 0.5) is 30.7 Å². The fourth-order valence-corrected chi connectivity index (χ4v) is 6.44. The summed E-state index contributed by atoms with van der Waals surface area (Å²) >= 11 is 0. The van der Waals surface area contributed by atoms with Crippen molar-refractivity contribution in [3.63, 3.8) is 0 Å². The van der Waals surface area contributed by atoms with Crippen LogP contribution < -0.4 is 4.74 Å². The Hall–Kier alpha value is -6.55. The lowest BCUT2D eigenvalue weighted by atomic mass is 9.94. The van der Waals surface area contributed by atoms with E-state index in [0.717, 1.165) is 17.7 Å². The molecule has 4 aromatic carbocycles. The Kier molecular flexibility index (Phi) is 8.44. The van der Waals surface area contributed by atoms with E-state index in [1.54, 1.807) is 62.0 Å². The van der Waals surface area contributed by atoms with Gasteiger partial charge in [-0.05, 0) is 59.2 Å². The topological polar surface area (TPSA) is 116 Å². The normalized spacial score (nSPS) is 14.9. The summed E-state index contributed by atoms with van der Waals surface area (Å²) in [6.45, 7) is 0. The second-order valence-corrected chi connectivity index (χ2v) is 12.7. The van der Waals surface area contributed by atoms with Gasteiger partial charge < -0.3 is 24.7 Å². The highest BCUT2D eigenvalue weighted by molar-refractivity contribution is 6.04. The van der Waals surface area contributed by atoms with E-state index in [2.05, 4.69) is 29.9 Å². The summed E-state index contributed by atoms with van der Waals surface area (Å²) in [5.74, 6) is -0.837. The molecule has 8 rings (SSSR count). The molecule has 3 N–H and O–H groups in total. The maximum absolute atomic E-state index is 15.7. The van der Waals surface area contributed by atoms with Crippen LogP contribution in [0.15, 0.2) is 97.5 Å². The van der Waals surface area contributed by atoms with Crippen molar-refractivity contribution in [1.82, 2.24) is 34.8 Å². The number of likely N-dealkylation sites (N-methyl/N-ethyl adjacent to an activating group) is 1. The zero-order chi connectivity index (χ0) is 38.8. The molecule has 9 nitrogen and oxygen atoms in total. The number of H-pyrrole nitrogens is 2. The lowest BCUT2D eigenvalue weighted by molar-refractivity contribution is -0.137. The number of benzene rings is 4. The third-order valence-corrected chi connectivity index (χ3v) is 9.22. The molecule has 0 saturated heterocycles. The molecule has 0 spiro atoms. The minimum absolute atomic E-state index is 0.127. The molecule has 1 aliphatic rings. The highest BCUT2D eigenvalue weighted by Crippen LogP contribution is 2.45. The molecule has 55 heavy (non-hydrogen) atoms. The number of halogens is 7. The van der Waals surface area contributed by atoms with Gasteiger partial charge in [-0.1, -0.05) is 36.4 Å². The summed E-state index contributed by atoms with van der Waals surface area (Å²) in [7, 11) is 3.07. The molecule has 0 saturated carbocycles. The van der Waals surface area contributed by atoms with E-state index in [0.29, 0.717) is 34.4 Å². The Bertz CT molecular complexity index is 2660. The van der Waals surface area contributed by atoms with E-state index in [9.17, 15) is 31.4 Å². The lowest BCUT2D eigenvalue weighted by Crippen LogP contribution is -2.26. The van der Waals surface area contributed by atoms with Gasteiger partial charge in [-0.15, -0.1) is 0 Å². The summed E-state index contributed by atoms with van der Waals surface area (Å²) in [5, 5.41) is 9.93. The molecule has 0 aliphatic carbocycles. The average molecular weight is 758 g/mol. The van der Waals surface area contributed by atoms with Crippen LogP contribution in [-0.2, 0) is 12.4 Å². The first kappa shape index (κ1) is 35.5. The summed E-state index contributed by atoms with van der Waals surface area (Å²) in [6, 6.07) is 14.4. The predicted octanol–water partition coefficient (Wildman–Crippen LogP) is 9.24. The number of aromatic nitrogens is 6. The number of rotatable bonds is 6. The number of fused-ring (bicyclic) bond motifs is 2. The number of nitrogens with one attached hydrogen (secondary N) is 2. The van der Waals surface area contributed by atoms with E-state index < -0.39 is 46.7 Å². The molecule has 1 aliphatic heterocycles. The molecule has 1 unspecified atom stereocenters. The molecule has 278 valence electrons. The number of ether oxygens (including phenoxy) is 1. The van der Waals surface area contributed by atoms with Gasteiger partial charge in [0, 0.05) is 47.9 Å². The first-order valence-corrected chi connectivity index (χ1v) is 16.5. The van der Waals surface area contributed by atoms with Gasteiger partial charge in [0.15, 0.2) is 0 Å². The highest BCUT2D eigenvalue weighted by Gasteiger charge is 2.38. The van der Waals surface area contributed by atoms with Crippen LogP contribution in [0.1, 0.15) is 16.7 Å². The van der Waals surface area contributed by atoms with E-state index >= 15 is 4.39 Å². The zero-order valence-corrected chi connectivity index (χ0v) is 28.6. The number of methoxy groups -OCH3 is 1. The number of hydrogen-bond acceptors (Lipinski definition) is 7. The first-order valence-electron chi connectivity index (χ1n) is 16.5. The Morgan fingerprint density at radius 3 is 2.13 bits per heavy atom. The Morgan fingerprint density at radius 2 is 1.47 bits per heavy atom. The number of imidazole rings is 2. The monoisotopic (exact) mass is 757 g/mol. The van der Waals surface area contributed by atoms with Gasteiger partial charge in [-0.2, -0.15) is 26.3 Å². The van der Waals surface area contributed by atoms with E-state index in [1.165, 1.54) is 30.2 Å². The number of aliphatic hydroxyl groups is 1. The summed E-state index contributed by atoms with van der Waals surface area (Å²) in [6.07, 6.45) is -3.00. The van der Waals surface area contributed by atoms with Gasteiger partial charge in [0.25, 0.3) is 0 Å². The molecule has 7 aromatic rings. The molecular weight excluding hydrogens is 731 g/mol. The quantitative estimate of drug-likeness (QED) is 0.145. The van der Waals surface area contributed by atoms with Crippen LogP contribution >= 0.6 is 0 Å². The maximum atomic E-state index is 15.7. The van der Waals surface area contributed by atoms with Gasteiger partial charge in [-0.3, -0.25) is 0 Å². The molecule has 3 aromatic heterocycles. The highest BCUT2D eigenvalue weighted by atomic mass is 19.4. The van der Waals surface area contributed by atoms with E-state index in [1.807, 2.05) is 0 Å². The van der Waals surface area contributed by atoms with Crippen molar-refractivity contribution < 1.29 is 40.6 Å².